The Labute approximate surface area is 115 Å². The molecule has 1 amide bonds. The fourth-order valence-corrected chi connectivity index (χ4v) is 2.89. The molecule has 0 radical (unpaired) electrons. The molecule has 0 N–H and O–H groups in total. The lowest BCUT2D eigenvalue weighted by atomic mass is 10.1. The first-order valence-electron chi connectivity index (χ1n) is 5.51. The Balaban J connectivity index is 2.19. The molecule has 0 aliphatic carbocycles. The minimum Gasteiger partial charge on any atom is -0.300 e. The number of halogens is 1. The average molecular weight is 284 g/mol. The minimum absolute atomic E-state index is 0.0251. The number of hydrogen-bond acceptors (Lipinski definition) is 3. The third kappa shape index (κ3) is 2.42. The number of carbonyl (C=O) groups excluding carboxylic acids is 1. The minimum atomic E-state index is -0.206. The van der Waals surface area contributed by atoms with Crippen molar-refractivity contribution >= 4 is 34.7 Å². The Bertz CT molecular complexity index is 563. The van der Waals surface area contributed by atoms with Crippen molar-refractivity contribution in [1.29, 1.82) is 0 Å². The molecule has 0 fully saturated rings. The van der Waals surface area contributed by atoms with Gasteiger partial charge in [-0.05, 0) is 19.1 Å². The van der Waals surface area contributed by atoms with Crippen LogP contribution < -0.4 is 4.90 Å². The number of amides is 1. The van der Waals surface area contributed by atoms with Crippen LogP contribution in [-0.2, 0) is 11.8 Å². The standard InChI is InChI=1S/C12H14ClN3OS/c1-8(9-4-5-10(13)18-9)12(17)15(2)11-6-7-14-16(11)3/h4-8H,1-3H3. The van der Waals surface area contributed by atoms with Crippen molar-refractivity contribution in [2.24, 2.45) is 7.05 Å². The zero-order valence-corrected chi connectivity index (χ0v) is 12.0. The molecule has 2 aromatic heterocycles. The molecular formula is C12H14ClN3OS. The van der Waals surface area contributed by atoms with Crippen LogP contribution in [0.3, 0.4) is 0 Å². The fourth-order valence-electron chi connectivity index (χ4n) is 1.78. The van der Waals surface area contributed by atoms with E-state index in [4.69, 9.17) is 11.6 Å². The molecule has 0 saturated heterocycles. The van der Waals surface area contributed by atoms with E-state index >= 15 is 0 Å². The molecule has 96 valence electrons. The van der Waals surface area contributed by atoms with Gasteiger partial charge in [-0.3, -0.25) is 14.4 Å². The monoisotopic (exact) mass is 283 g/mol. The molecule has 0 saturated carbocycles. The summed E-state index contributed by atoms with van der Waals surface area (Å²) in [5.74, 6) is 0.592. The van der Waals surface area contributed by atoms with E-state index in [2.05, 4.69) is 5.10 Å². The van der Waals surface area contributed by atoms with Gasteiger partial charge in [0.15, 0.2) is 0 Å². The second kappa shape index (κ2) is 5.12. The first-order valence-corrected chi connectivity index (χ1v) is 6.71. The maximum Gasteiger partial charge on any atom is 0.235 e. The molecule has 2 heterocycles. The molecule has 2 rings (SSSR count). The van der Waals surface area contributed by atoms with Crippen LogP contribution in [0.5, 0.6) is 0 Å². The average Bonchev–Trinajstić information content (AvgIpc) is 2.95. The zero-order valence-electron chi connectivity index (χ0n) is 10.4. The predicted molar refractivity (Wildman–Crippen MR) is 74.4 cm³/mol. The summed E-state index contributed by atoms with van der Waals surface area (Å²) >= 11 is 7.33. The first-order chi connectivity index (χ1) is 8.50. The third-order valence-corrected chi connectivity index (χ3v) is 4.27. The first kappa shape index (κ1) is 13.1. The highest BCUT2D eigenvalue weighted by Gasteiger charge is 2.23. The van der Waals surface area contributed by atoms with Crippen molar-refractivity contribution in [2.75, 3.05) is 11.9 Å². The van der Waals surface area contributed by atoms with Crippen LogP contribution in [0.4, 0.5) is 5.82 Å². The van der Waals surface area contributed by atoms with E-state index in [-0.39, 0.29) is 11.8 Å². The van der Waals surface area contributed by atoms with Crippen molar-refractivity contribution in [2.45, 2.75) is 12.8 Å². The second-order valence-electron chi connectivity index (χ2n) is 4.07. The summed E-state index contributed by atoms with van der Waals surface area (Å²) in [5.41, 5.74) is 0. The van der Waals surface area contributed by atoms with Gasteiger partial charge in [-0.1, -0.05) is 11.6 Å². The van der Waals surface area contributed by atoms with Gasteiger partial charge >= 0.3 is 0 Å². The van der Waals surface area contributed by atoms with Crippen LogP contribution in [0, 0.1) is 0 Å². The number of aryl methyl sites for hydroxylation is 1. The molecule has 0 bridgehead atoms. The van der Waals surface area contributed by atoms with Crippen molar-refractivity contribution in [1.82, 2.24) is 9.78 Å². The maximum atomic E-state index is 12.4. The quantitative estimate of drug-likeness (QED) is 0.869. The van der Waals surface area contributed by atoms with Gasteiger partial charge in [-0.25, -0.2) is 0 Å². The molecular weight excluding hydrogens is 270 g/mol. The lowest BCUT2D eigenvalue weighted by Gasteiger charge is -2.20. The number of likely N-dealkylation sites (N-methyl/N-ethyl adjacent to an activating group) is 1. The molecule has 1 unspecified atom stereocenters. The van der Waals surface area contributed by atoms with E-state index in [0.717, 1.165) is 10.7 Å². The SMILES string of the molecule is CC(C(=O)N(C)c1ccnn1C)c1ccc(Cl)s1. The number of aromatic nitrogens is 2. The van der Waals surface area contributed by atoms with Gasteiger partial charge in [0.1, 0.15) is 5.82 Å². The topological polar surface area (TPSA) is 38.1 Å². The normalized spacial score (nSPS) is 12.4. The number of rotatable bonds is 3. The lowest BCUT2D eigenvalue weighted by molar-refractivity contribution is -0.119. The number of hydrogen-bond donors (Lipinski definition) is 0. The summed E-state index contributed by atoms with van der Waals surface area (Å²) < 4.78 is 2.37. The summed E-state index contributed by atoms with van der Waals surface area (Å²) in [6, 6.07) is 5.52. The Morgan fingerprint density at radius 1 is 1.50 bits per heavy atom. The van der Waals surface area contributed by atoms with E-state index in [9.17, 15) is 4.79 Å². The number of thiophene rings is 1. The van der Waals surface area contributed by atoms with Gasteiger partial charge in [-0.2, -0.15) is 5.10 Å². The third-order valence-electron chi connectivity index (χ3n) is 2.86. The molecule has 2 aromatic rings. The van der Waals surface area contributed by atoms with E-state index in [0.29, 0.717) is 4.34 Å². The number of nitrogens with zero attached hydrogens (tertiary/aromatic N) is 3. The maximum absolute atomic E-state index is 12.4. The Morgan fingerprint density at radius 2 is 2.22 bits per heavy atom. The van der Waals surface area contributed by atoms with E-state index in [1.807, 2.05) is 32.2 Å². The Hall–Kier alpha value is -1.33. The second-order valence-corrected chi connectivity index (χ2v) is 5.82. The smallest absolute Gasteiger partial charge is 0.235 e. The van der Waals surface area contributed by atoms with Crippen molar-refractivity contribution in [3.63, 3.8) is 0 Å². The summed E-state index contributed by atoms with van der Waals surface area (Å²) in [6.07, 6.45) is 1.67. The fraction of sp³-hybridized carbons (Fsp3) is 0.333. The predicted octanol–water partition coefficient (Wildman–Crippen LogP) is 2.90. The molecule has 0 aliphatic heterocycles. The number of anilines is 1. The van der Waals surface area contributed by atoms with E-state index in [1.54, 1.807) is 22.8 Å². The van der Waals surface area contributed by atoms with Gasteiger partial charge in [-0.15, -0.1) is 11.3 Å². The van der Waals surface area contributed by atoms with Gasteiger partial charge in [0.2, 0.25) is 5.91 Å². The summed E-state index contributed by atoms with van der Waals surface area (Å²) in [6.45, 7) is 1.89. The summed E-state index contributed by atoms with van der Waals surface area (Å²) in [4.78, 5) is 14.9. The molecule has 18 heavy (non-hydrogen) atoms. The van der Waals surface area contributed by atoms with E-state index < -0.39 is 0 Å². The molecule has 0 aromatic carbocycles. The van der Waals surface area contributed by atoms with Crippen LogP contribution in [0.2, 0.25) is 4.34 Å². The number of carbonyl (C=O) groups is 1. The zero-order chi connectivity index (χ0) is 13.3. The molecule has 6 heteroatoms. The van der Waals surface area contributed by atoms with Gasteiger partial charge in [0.25, 0.3) is 0 Å². The van der Waals surface area contributed by atoms with Crippen LogP contribution in [0.1, 0.15) is 17.7 Å². The highest BCUT2D eigenvalue weighted by atomic mass is 35.5. The van der Waals surface area contributed by atoms with Gasteiger partial charge in [0.05, 0.1) is 16.5 Å². The van der Waals surface area contributed by atoms with Crippen LogP contribution in [0.15, 0.2) is 24.4 Å². The Morgan fingerprint density at radius 3 is 2.72 bits per heavy atom. The Kier molecular flexibility index (Phi) is 3.73. The van der Waals surface area contributed by atoms with Crippen molar-refractivity contribution in [3.8, 4) is 0 Å². The summed E-state index contributed by atoms with van der Waals surface area (Å²) in [5, 5.41) is 4.06. The molecule has 4 nitrogen and oxygen atoms in total. The largest absolute Gasteiger partial charge is 0.300 e. The molecule has 0 aliphatic rings. The lowest BCUT2D eigenvalue weighted by Crippen LogP contribution is -2.31. The van der Waals surface area contributed by atoms with Crippen molar-refractivity contribution < 1.29 is 4.79 Å². The van der Waals surface area contributed by atoms with E-state index in [1.165, 1.54) is 11.3 Å². The van der Waals surface area contributed by atoms with Crippen LogP contribution in [-0.4, -0.2) is 22.7 Å². The van der Waals surface area contributed by atoms with Gasteiger partial charge in [0, 0.05) is 25.0 Å². The van der Waals surface area contributed by atoms with Crippen molar-refractivity contribution in [3.05, 3.63) is 33.6 Å². The molecule has 0 spiro atoms. The van der Waals surface area contributed by atoms with Crippen LogP contribution >= 0.6 is 22.9 Å². The molecule has 1 atom stereocenters. The summed E-state index contributed by atoms with van der Waals surface area (Å²) in [7, 11) is 3.57. The highest BCUT2D eigenvalue weighted by molar-refractivity contribution is 7.16. The highest BCUT2D eigenvalue weighted by Crippen LogP contribution is 2.29. The van der Waals surface area contributed by atoms with Crippen LogP contribution in [0.25, 0.3) is 0 Å². The van der Waals surface area contributed by atoms with Gasteiger partial charge < -0.3 is 0 Å².